The van der Waals surface area contributed by atoms with Crippen molar-refractivity contribution in [3.63, 3.8) is 0 Å². The van der Waals surface area contributed by atoms with Crippen LogP contribution in [0.1, 0.15) is 6.92 Å². The van der Waals surface area contributed by atoms with Gasteiger partial charge in [0.15, 0.2) is 0 Å². The predicted octanol–water partition coefficient (Wildman–Crippen LogP) is 2.81. The van der Waals surface area contributed by atoms with Crippen LogP contribution in [0.3, 0.4) is 0 Å². The van der Waals surface area contributed by atoms with Crippen molar-refractivity contribution in [3.8, 4) is 11.4 Å². The maximum absolute atomic E-state index is 5.96. The molecule has 3 nitrogen and oxygen atoms in total. The summed E-state index contributed by atoms with van der Waals surface area (Å²) in [6, 6.07) is 5.56. The van der Waals surface area contributed by atoms with Gasteiger partial charge in [0.05, 0.1) is 10.7 Å². The zero-order valence-electron chi connectivity index (χ0n) is 8.44. The van der Waals surface area contributed by atoms with E-state index >= 15 is 0 Å². The molecule has 0 atom stereocenters. The minimum atomic E-state index is 0.568. The average Bonchev–Trinajstić information content (AvgIpc) is 2.70. The first kappa shape index (κ1) is 10.1. The van der Waals surface area contributed by atoms with Crippen LogP contribution in [0.4, 0.5) is 5.69 Å². The number of aryl methyl sites for hydroxylation is 1. The van der Waals surface area contributed by atoms with Gasteiger partial charge in [0.2, 0.25) is 0 Å². The summed E-state index contributed by atoms with van der Waals surface area (Å²) >= 11 is 5.96. The van der Waals surface area contributed by atoms with Crippen molar-refractivity contribution in [1.29, 1.82) is 0 Å². The highest BCUT2D eigenvalue weighted by Gasteiger charge is 2.06. The molecule has 2 N–H and O–H groups in total. The second-order valence-corrected chi connectivity index (χ2v) is 3.68. The summed E-state index contributed by atoms with van der Waals surface area (Å²) in [5.41, 5.74) is 7.23. The van der Waals surface area contributed by atoms with E-state index in [4.69, 9.17) is 17.3 Å². The highest BCUT2D eigenvalue weighted by atomic mass is 35.5. The fraction of sp³-hybridized carbons (Fsp3) is 0.182. The predicted molar refractivity (Wildman–Crippen MR) is 62.8 cm³/mol. The molecule has 0 spiro atoms. The summed E-state index contributed by atoms with van der Waals surface area (Å²) in [4.78, 5) is 4.29. The largest absolute Gasteiger partial charge is 0.398 e. The third-order valence-electron chi connectivity index (χ3n) is 2.31. The Morgan fingerprint density at radius 3 is 2.93 bits per heavy atom. The van der Waals surface area contributed by atoms with Gasteiger partial charge in [-0.3, -0.25) is 0 Å². The Balaban J connectivity index is 2.50. The maximum atomic E-state index is 5.96. The molecule has 1 aromatic carbocycles. The smallest absolute Gasteiger partial charge is 0.139 e. The third kappa shape index (κ3) is 1.83. The van der Waals surface area contributed by atoms with E-state index in [2.05, 4.69) is 16.5 Å². The van der Waals surface area contributed by atoms with Crippen LogP contribution in [0.25, 0.3) is 11.4 Å². The van der Waals surface area contributed by atoms with Gasteiger partial charge in [0.1, 0.15) is 5.82 Å². The number of anilines is 1. The number of benzene rings is 1. The van der Waals surface area contributed by atoms with Gasteiger partial charge >= 0.3 is 0 Å². The van der Waals surface area contributed by atoms with E-state index < -0.39 is 0 Å². The van der Waals surface area contributed by atoms with E-state index in [1.807, 2.05) is 18.3 Å². The third-order valence-corrected chi connectivity index (χ3v) is 2.64. The van der Waals surface area contributed by atoms with Crippen LogP contribution in [0, 0.1) is 0 Å². The first-order chi connectivity index (χ1) is 7.22. The van der Waals surface area contributed by atoms with Gasteiger partial charge in [-0.15, -0.1) is 0 Å². The summed E-state index contributed by atoms with van der Waals surface area (Å²) < 4.78 is 2.06. The van der Waals surface area contributed by atoms with Gasteiger partial charge in [-0.25, -0.2) is 4.98 Å². The molecule has 0 bridgehead atoms. The van der Waals surface area contributed by atoms with E-state index in [1.165, 1.54) is 0 Å². The van der Waals surface area contributed by atoms with E-state index in [0.717, 1.165) is 17.9 Å². The van der Waals surface area contributed by atoms with Crippen molar-refractivity contribution in [2.75, 3.05) is 5.73 Å². The van der Waals surface area contributed by atoms with E-state index in [0.29, 0.717) is 10.7 Å². The molecule has 0 radical (unpaired) electrons. The molecule has 0 aliphatic carbocycles. The van der Waals surface area contributed by atoms with Gasteiger partial charge in [-0.05, 0) is 25.1 Å². The summed E-state index contributed by atoms with van der Waals surface area (Å²) in [6.07, 6.45) is 3.72. The fourth-order valence-electron chi connectivity index (χ4n) is 1.49. The highest BCUT2D eigenvalue weighted by molar-refractivity contribution is 6.33. The normalized spacial score (nSPS) is 10.5. The van der Waals surface area contributed by atoms with Crippen LogP contribution in [-0.4, -0.2) is 9.55 Å². The molecule has 15 heavy (non-hydrogen) atoms. The van der Waals surface area contributed by atoms with Crippen LogP contribution in [0.15, 0.2) is 30.6 Å². The molecule has 0 saturated carbocycles. The zero-order chi connectivity index (χ0) is 10.8. The molecule has 2 aromatic rings. The molecule has 78 valence electrons. The Hall–Kier alpha value is -1.48. The molecular weight excluding hydrogens is 210 g/mol. The molecule has 0 amide bonds. The van der Waals surface area contributed by atoms with E-state index in [1.54, 1.807) is 12.3 Å². The molecule has 1 aromatic heterocycles. The molecule has 1 heterocycles. The lowest BCUT2D eigenvalue weighted by molar-refractivity contribution is 0.771. The minimum absolute atomic E-state index is 0.568. The first-order valence-corrected chi connectivity index (χ1v) is 5.16. The quantitative estimate of drug-likeness (QED) is 0.793. The number of rotatable bonds is 2. The number of halogens is 1. The topological polar surface area (TPSA) is 43.8 Å². The highest BCUT2D eigenvalue weighted by Crippen LogP contribution is 2.25. The van der Waals surface area contributed by atoms with E-state index in [-0.39, 0.29) is 0 Å². The van der Waals surface area contributed by atoms with Crippen molar-refractivity contribution < 1.29 is 0 Å². The Labute approximate surface area is 93.5 Å². The van der Waals surface area contributed by atoms with Crippen LogP contribution >= 0.6 is 11.6 Å². The second kappa shape index (κ2) is 3.95. The monoisotopic (exact) mass is 221 g/mol. The average molecular weight is 222 g/mol. The molecule has 2 rings (SSSR count). The van der Waals surface area contributed by atoms with Crippen molar-refractivity contribution in [3.05, 3.63) is 35.6 Å². The molecule has 0 aliphatic heterocycles. The van der Waals surface area contributed by atoms with Crippen LogP contribution in [-0.2, 0) is 6.54 Å². The van der Waals surface area contributed by atoms with Crippen molar-refractivity contribution >= 4 is 17.3 Å². The van der Waals surface area contributed by atoms with Crippen molar-refractivity contribution in [2.24, 2.45) is 0 Å². The van der Waals surface area contributed by atoms with Gasteiger partial charge in [-0.1, -0.05) is 11.6 Å². The lowest BCUT2D eigenvalue weighted by Gasteiger charge is -2.06. The van der Waals surface area contributed by atoms with Gasteiger partial charge in [0, 0.05) is 24.5 Å². The SMILES string of the molecule is CCn1ccnc1-c1ccc(N)c(Cl)c1. The number of hydrogen-bond acceptors (Lipinski definition) is 2. The molecule has 0 unspecified atom stereocenters. The number of aromatic nitrogens is 2. The van der Waals surface area contributed by atoms with Crippen LogP contribution < -0.4 is 5.73 Å². The van der Waals surface area contributed by atoms with E-state index in [9.17, 15) is 0 Å². The van der Waals surface area contributed by atoms with Crippen LogP contribution in [0.2, 0.25) is 5.02 Å². The number of nitrogens with two attached hydrogens (primary N) is 1. The minimum Gasteiger partial charge on any atom is -0.398 e. The molecular formula is C11H12ClN3. The Morgan fingerprint density at radius 2 is 2.27 bits per heavy atom. The number of nitrogens with zero attached hydrogens (tertiary/aromatic N) is 2. The molecule has 0 fully saturated rings. The standard InChI is InChI=1S/C11H12ClN3/c1-2-15-6-5-14-11(15)8-3-4-10(13)9(12)7-8/h3-7H,2,13H2,1H3. The fourth-order valence-corrected chi connectivity index (χ4v) is 1.67. The van der Waals surface area contributed by atoms with Gasteiger partial charge in [0.25, 0.3) is 0 Å². The number of hydrogen-bond donors (Lipinski definition) is 1. The molecule has 0 aliphatic rings. The first-order valence-electron chi connectivity index (χ1n) is 4.79. The Bertz CT molecular complexity index is 476. The Morgan fingerprint density at radius 1 is 1.47 bits per heavy atom. The summed E-state index contributed by atoms with van der Waals surface area (Å²) in [6.45, 7) is 2.96. The van der Waals surface area contributed by atoms with Crippen molar-refractivity contribution in [2.45, 2.75) is 13.5 Å². The summed E-state index contributed by atoms with van der Waals surface area (Å²) in [5, 5.41) is 0.568. The van der Waals surface area contributed by atoms with Crippen LogP contribution in [0.5, 0.6) is 0 Å². The molecule has 4 heteroatoms. The van der Waals surface area contributed by atoms with Crippen molar-refractivity contribution in [1.82, 2.24) is 9.55 Å². The lowest BCUT2D eigenvalue weighted by atomic mass is 10.2. The summed E-state index contributed by atoms with van der Waals surface area (Å²) in [7, 11) is 0. The zero-order valence-corrected chi connectivity index (χ0v) is 9.20. The number of nitrogen functional groups attached to an aromatic ring is 1. The molecule has 0 saturated heterocycles. The Kier molecular flexibility index (Phi) is 2.64. The van der Waals surface area contributed by atoms with Gasteiger partial charge in [-0.2, -0.15) is 0 Å². The number of imidazole rings is 1. The van der Waals surface area contributed by atoms with Gasteiger partial charge < -0.3 is 10.3 Å². The summed E-state index contributed by atoms with van der Waals surface area (Å²) in [5.74, 6) is 0.916. The second-order valence-electron chi connectivity index (χ2n) is 3.27. The lowest BCUT2D eigenvalue weighted by Crippen LogP contribution is -1.96. The maximum Gasteiger partial charge on any atom is 0.139 e.